The first-order chi connectivity index (χ1) is 14.3. The minimum atomic E-state index is -0.392. The van der Waals surface area contributed by atoms with Gasteiger partial charge in [0.2, 0.25) is 0 Å². The van der Waals surface area contributed by atoms with Gasteiger partial charge in [-0.15, -0.1) is 24.0 Å². The molecule has 2 heterocycles. The molecule has 0 spiro atoms. The second-order valence-corrected chi connectivity index (χ2v) is 9.05. The Bertz CT molecular complexity index is 686. The normalized spacial score (nSPS) is 17.1. The Balaban J connectivity index is 0.00000480. The average Bonchev–Trinajstić information content (AvgIpc) is 3.11. The summed E-state index contributed by atoms with van der Waals surface area (Å²) in [4.78, 5) is 18.5. The van der Waals surface area contributed by atoms with E-state index in [1.807, 2.05) is 45.7 Å². The number of nitrogens with zero attached hydrogens (tertiary/aromatic N) is 4. The minimum absolute atomic E-state index is 0. The van der Waals surface area contributed by atoms with Gasteiger partial charge in [0.15, 0.2) is 5.96 Å². The quantitative estimate of drug-likeness (QED) is 0.162. The van der Waals surface area contributed by atoms with E-state index in [2.05, 4.69) is 31.8 Å². The van der Waals surface area contributed by atoms with Crippen LogP contribution >= 0.6 is 24.0 Å². The van der Waals surface area contributed by atoms with E-state index < -0.39 is 5.60 Å². The lowest BCUT2D eigenvalue weighted by atomic mass is 10.1. The number of rotatable bonds is 9. The summed E-state index contributed by atoms with van der Waals surface area (Å²) in [6.07, 6.45) is 10.9. The van der Waals surface area contributed by atoms with Crippen molar-refractivity contribution in [2.75, 3.05) is 31.6 Å². The molecule has 0 radical (unpaired) electrons. The fraction of sp³-hybridized carbons (Fsp3) is 0.773. The van der Waals surface area contributed by atoms with Crippen LogP contribution in [-0.2, 0) is 16.6 Å². The first kappa shape index (κ1) is 27.5. The number of carbonyl (C=O) groups is 1. The number of aryl methyl sites for hydroxylation is 1. The maximum absolute atomic E-state index is 11.7. The summed E-state index contributed by atoms with van der Waals surface area (Å²) in [6.45, 7) is 8.62. The van der Waals surface area contributed by atoms with Crippen LogP contribution in [-0.4, -0.2) is 60.0 Å². The van der Waals surface area contributed by atoms with Crippen molar-refractivity contribution in [3.05, 3.63) is 12.4 Å². The van der Waals surface area contributed by atoms with Crippen LogP contribution in [0.5, 0.6) is 0 Å². The lowest BCUT2D eigenvalue weighted by Gasteiger charge is -2.34. The predicted molar refractivity (Wildman–Crippen MR) is 137 cm³/mol. The SMILES string of the molecule is CN=C(NCCCCCCC(=O)OC(C)(C)C)NC1CCCN(c2cnn(C)c2)C1.I. The van der Waals surface area contributed by atoms with Gasteiger partial charge < -0.3 is 20.3 Å². The molecule has 1 unspecified atom stereocenters. The van der Waals surface area contributed by atoms with Gasteiger partial charge >= 0.3 is 5.97 Å². The van der Waals surface area contributed by atoms with Gasteiger partial charge in [-0.3, -0.25) is 14.5 Å². The van der Waals surface area contributed by atoms with E-state index >= 15 is 0 Å². The van der Waals surface area contributed by atoms with Gasteiger partial charge in [-0.25, -0.2) is 0 Å². The second kappa shape index (κ2) is 13.8. The van der Waals surface area contributed by atoms with Gasteiger partial charge in [-0.1, -0.05) is 12.8 Å². The largest absolute Gasteiger partial charge is 0.460 e. The first-order valence-corrected chi connectivity index (χ1v) is 11.2. The summed E-state index contributed by atoms with van der Waals surface area (Å²) in [5, 5.41) is 11.3. The molecule has 1 aromatic heterocycles. The highest BCUT2D eigenvalue weighted by Gasteiger charge is 2.21. The molecule has 1 atom stereocenters. The number of hydrogen-bond acceptors (Lipinski definition) is 5. The molecule has 1 aliphatic heterocycles. The maximum Gasteiger partial charge on any atom is 0.306 e. The van der Waals surface area contributed by atoms with E-state index in [4.69, 9.17) is 4.74 Å². The molecule has 1 aromatic rings. The van der Waals surface area contributed by atoms with Gasteiger partial charge in [-0.05, 0) is 46.5 Å². The van der Waals surface area contributed by atoms with Crippen LogP contribution in [0.3, 0.4) is 0 Å². The molecule has 1 aliphatic rings. The molecule has 9 heteroatoms. The van der Waals surface area contributed by atoms with Crippen molar-refractivity contribution in [1.82, 2.24) is 20.4 Å². The van der Waals surface area contributed by atoms with Crippen LogP contribution in [0.1, 0.15) is 65.7 Å². The van der Waals surface area contributed by atoms with Crippen molar-refractivity contribution in [3.63, 3.8) is 0 Å². The summed E-state index contributed by atoms with van der Waals surface area (Å²) in [5.74, 6) is 0.764. The van der Waals surface area contributed by atoms with E-state index in [9.17, 15) is 4.79 Å². The number of ether oxygens (including phenoxy) is 1. The number of halogens is 1. The molecule has 1 fully saturated rings. The van der Waals surface area contributed by atoms with Crippen molar-refractivity contribution < 1.29 is 9.53 Å². The fourth-order valence-electron chi connectivity index (χ4n) is 3.64. The highest BCUT2D eigenvalue weighted by molar-refractivity contribution is 14.0. The number of guanidine groups is 1. The molecule has 0 bridgehead atoms. The molecule has 0 aromatic carbocycles. The van der Waals surface area contributed by atoms with E-state index in [0.29, 0.717) is 12.5 Å². The lowest BCUT2D eigenvalue weighted by molar-refractivity contribution is -0.154. The summed E-state index contributed by atoms with van der Waals surface area (Å²) in [6, 6.07) is 0.374. The monoisotopic (exact) mass is 548 g/mol. The van der Waals surface area contributed by atoms with Crippen LogP contribution in [0.2, 0.25) is 0 Å². The maximum atomic E-state index is 11.7. The zero-order valence-electron chi connectivity index (χ0n) is 19.8. The molecule has 0 saturated carbocycles. The number of carbonyl (C=O) groups excluding carboxylic acids is 1. The van der Waals surface area contributed by atoms with Crippen LogP contribution in [0.15, 0.2) is 17.4 Å². The molecule has 2 rings (SSSR count). The van der Waals surface area contributed by atoms with E-state index in [0.717, 1.165) is 64.1 Å². The topological polar surface area (TPSA) is 83.8 Å². The number of aromatic nitrogens is 2. The number of piperidine rings is 1. The summed E-state index contributed by atoms with van der Waals surface area (Å²) in [7, 11) is 3.77. The molecule has 0 aliphatic carbocycles. The van der Waals surface area contributed by atoms with Crippen LogP contribution in [0.25, 0.3) is 0 Å². The third-order valence-electron chi connectivity index (χ3n) is 5.06. The zero-order valence-corrected chi connectivity index (χ0v) is 22.1. The third kappa shape index (κ3) is 11.1. The van der Waals surface area contributed by atoms with Gasteiger partial charge in [0.25, 0.3) is 0 Å². The summed E-state index contributed by atoms with van der Waals surface area (Å²) in [5.41, 5.74) is 0.787. The average molecular weight is 549 g/mol. The number of hydrogen-bond donors (Lipinski definition) is 2. The Morgan fingerprint density at radius 2 is 2.03 bits per heavy atom. The Morgan fingerprint density at radius 1 is 1.29 bits per heavy atom. The minimum Gasteiger partial charge on any atom is -0.460 e. The van der Waals surface area contributed by atoms with E-state index in [1.54, 1.807) is 0 Å². The smallest absolute Gasteiger partial charge is 0.306 e. The summed E-state index contributed by atoms with van der Waals surface area (Å²) < 4.78 is 7.18. The molecule has 178 valence electrons. The van der Waals surface area contributed by atoms with Crippen molar-refractivity contribution in [2.24, 2.45) is 12.0 Å². The van der Waals surface area contributed by atoms with Crippen molar-refractivity contribution in [3.8, 4) is 0 Å². The molecule has 0 amide bonds. The highest BCUT2D eigenvalue weighted by Crippen LogP contribution is 2.19. The number of anilines is 1. The van der Waals surface area contributed by atoms with Gasteiger partial charge in [0, 0.05) is 52.4 Å². The molecular formula is C22H41IN6O2. The van der Waals surface area contributed by atoms with Crippen molar-refractivity contribution in [2.45, 2.75) is 77.4 Å². The van der Waals surface area contributed by atoms with Crippen LogP contribution in [0.4, 0.5) is 5.69 Å². The number of esters is 1. The molecule has 8 nitrogen and oxygen atoms in total. The van der Waals surface area contributed by atoms with Crippen molar-refractivity contribution in [1.29, 1.82) is 0 Å². The Labute approximate surface area is 204 Å². The molecule has 1 saturated heterocycles. The Hall–Kier alpha value is -1.52. The highest BCUT2D eigenvalue weighted by atomic mass is 127. The fourth-order valence-corrected chi connectivity index (χ4v) is 3.64. The van der Waals surface area contributed by atoms with Crippen LogP contribution in [0, 0.1) is 0 Å². The van der Waals surface area contributed by atoms with E-state index in [1.165, 1.54) is 5.69 Å². The second-order valence-electron chi connectivity index (χ2n) is 9.05. The van der Waals surface area contributed by atoms with E-state index in [-0.39, 0.29) is 29.9 Å². The molecule has 31 heavy (non-hydrogen) atoms. The first-order valence-electron chi connectivity index (χ1n) is 11.2. The summed E-state index contributed by atoms with van der Waals surface area (Å²) >= 11 is 0. The lowest BCUT2D eigenvalue weighted by Crippen LogP contribution is -2.51. The zero-order chi connectivity index (χ0) is 22.0. The standard InChI is InChI=1S/C22H40N6O2.HI/c1-22(2,3)30-20(29)12-8-6-7-9-13-24-21(23-4)26-18-11-10-14-28(16-18)19-15-25-27(5)17-19;/h15,17-18H,6-14,16H2,1-5H3,(H2,23,24,26);1H. The van der Waals surface area contributed by atoms with Crippen LogP contribution < -0.4 is 15.5 Å². The van der Waals surface area contributed by atoms with Gasteiger partial charge in [0.1, 0.15) is 5.60 Å². The predicted octanol–water partition coefficient (Wildman–Crippen LogP) is 3.46. The number of nitrogens with one attached hydrogen (secondary N) is 2. The Morgan fingerprint density at radius 3 is 2.68 bits per heavy atom. The molecule has 2 N–H and O–H groups in total. The van der Waals surface area contributed by atoms with Gasteiger partial charge in [-0.2, -0.15) is 5.10 Å². The van der Waals surface area contributed by atoms with Gasteiger partial charge in [0.05, 0.1) is 11.9 Å². The van der Waals surface area contributed by atoms with Crippen molar-refractivity contribution >= 4 is 41.6 Å². The number of unbranched alkanes of at least 4 members (excludes halogenated alkanes) is 3. The molecular weight excluding hydrogens is 507 g/mol. The Kier molecular flexibility index (Phi) is 12.2. The number of aliphatic imine (C=N–C) groups is 1. The third-order valence-corrected chi connectivity index (χ3v) is 5.06.